The lowest BCUT2D eigenvalue weighted by molar-refractivity contribution is 0.929. The first kappa shape index (κ1) is 9.15. The molecule has 0 N–H and O–H groups in total. The van der Waals surface area contributed by atoms with Crippen LogP contribution in [0.1, 0.15) is 11.6 Å². The highest BCUT2D eigenvalue weighted by atomic mass is 35.5. The maximum atomic E-state index is 5.70. The van der Waals surface area contributed by atoms with E-state index in [-0.39, 0.29) is 0 Å². The van der Waals surface area contributed by atoms with Gasteiger partial charge in [-0.05, 0) is 26.0 Å². The fraction of sp³-hybridized carbons (Fsp3) is 0.222. The predicted molar refractivity (Wildman–Crippen MR) is 53.6 cm³/mol. The number of nitrogens with zero attached hydrogens (tertiary/aromatic N) is 4. The van der Waals surface area contributed by atoms with Crippen LogP contribution in [0.4, 0.5) is 0 Å². The second kappa shape index (κ2) is 3.38. The van der Waals surface area contributed by atoms with Crippen LogP contribution in [-0.4, -0.2) is 19.7 Å². The Kier molecular flexibility index (Phi) is 2.21. The van der Waals surface area contributed by atoms with E-state index in [0.717, 1.165) is 17.3 Å². The minimum absolute atomic E-state index is 0.483. The zero-order valence-corrected chi connectivity index (χ0v) is 8.65. The Bertz CT molecular complexity index is 427. The molecule has 0 fully saturated rings. The standard InChI is InChI=1S/C9H9ClN4/c1-6-12-13-7(2)14(6)8-3-4-9(10)11-5-8/h3-5H,1-2H3. The third-order valence-electron chi connectivity index (χ3n) is 1.96. The van der Waals surface area contributed by atoms with Crippen molar-refractivity contribution < 1.29 is 0 Å². The number of rotatable bonds is 1. The number of pyridine rings is 1. The average Bonchev–Trinajstić information content (AvgIpc) is 2.49. The summed E-state index contributed by atoms with van der Waals surface area (Å²) >= 11 is 5.70. The van der Waals surface area contributed by atoms with Crippen molar-refractivity contribution in [2.75, 3.05) is 0 Å². The van der Waals surface area contributed by atoms with Crippen molar-refractivity contribution in [1.29, 1.82) is 0 Å². The van der Waals surface area contributed by atoms with Gasteiger partial charge in [0.15, 0.2) is 0 Å². The van der Waals surface area contributed by atoms with Gasteiger partial charge in [0, 0.05) is 0 Å². The monoisotopic (exact) mass is 208 g/mol. The molecule has 0 saturated heterocycles. The van der Waals surface area contributed by atoms with Gasteiger partial charge in [-0.2, -0.15) is 0 Å². The molecule has 0 aliphatic rings. The van der Waals surface area contributed by atoms with Crippen LogP contribution in [0.15, 0.2) is 18.3 Å². The summed E-state index contributed by atoms with van der Waals surface area (Å²) in [6.45, 7) is 3.79. The topological polar surface area (TPSA) is 43.6 Å². The maximum Gasteiger partial charge on any atom is 0.134 e. The van der Waals surface area contributed by atoms with Gasteiger partial charge in [-0.25, -0.2) is 4.98 Å². The fourth-order valence-electron chi connectivity index (χ4n) is 1.34. The summed E-state index contributed by atoms with van der Waals surface area (Å²) < 4.78 is 1.92. The first-order valence-corrected chi connectivity index (χ1v) is 4.57. The summed E-state index contributed by atoms with van der Waals surface area (Å²) in [6.07, 6.45) is 1.70. The van der Waals surface area contributed by atoms with Crippen LogP contribution < -0.4 is 0 Å². The molecular formula is C9H9ClN4. The van der Waals surface area contributed by atoms with E-state index in [2.05, 4.69) is 15.2 Å². The Morgan fingerprint density at radius 2 is 1.79 bits per heavy atom. The van der Waals surface area contributed by atoms with Crippen LogP contribution in [-0.2, 0) is 0 Å². The number of aryl methyl sites for hydroxylation is 2. The van der Waals surface area contributed by atoms with Crippen LogP contribution >= 0.6 is 11.6 Å². The highest BCUT2D eigenvalue weighted by Gasteiger charge is 2.06. The van der Waals surface area contributed by atoms with Crippen LogP contribution in [0, 0.1) is 13.8 Å². The third-order valence-corrected chi connectivity index (χ3v) is 2.18. The number of aromatic nitrogens is 4. The average molecular weight is 209 g/mol. The molecule has 2 rings (SSSR count). The molecule has 2 aromatic rings. The molecule has 0 radical (unpaired) electrons. The van der Waals surface area contributed by atoms with E-state index in [4.69, 9.17) is 11.6 Å². The van der Waals surface area contributed by atoms with Gasteiger partial charge in [-0.3, -0.25) is 4.57 Å². The van der Waals surface area contributed by atoms with E-state index in [1.54, 1.807) is 12.3 Å². The molecular weight excluding hydrogens is 200 g/mol. The molecule has 0 aromatic carbocycles. The van der Waals surface area contributed by atoms with E-state index >= 15 is 0 Å². The third kappa shape index (κ3) is 1.48. The Balaban J connectivity index is 2.54. The van der Waals surface area contributed by atoms with Crippen molar-refractivity contribution in [2.45, 2.75) is 13.8 Å². The van der Waals surface area contributed by atoms with Gasteiger partial charge < -0.3 is 0 Å². The molecule has 2 heterocycles. The van der Waals surface area contributed by atoms with Gasteiger partial charge in [0.25, 0.3) is 0 Å². The smallest absolute Gasteiger partial charge is 0.134 e. The number of halogens is 1. The minimum Gasteiger partial charge on any atom is -0.282 e. The Morgan fingerprint density at radius 1 is 1.14 bits per heavy atom. The molecule has 14 heavy (non-hydrogen) atoms. The first-order chi connectivity index (χ1) is 6.68. The molecule has 0 amide bonds. The Labute approximate surface area is 86.6 Å². The minimum atomic E-state index is 0.483. The summed E-state index contributed by atoms with van der Waals surface area (Å²) in [5, 5.41) is 8.42. The van der Waals surface area contributed by atoms with Crippen LogP contribution in [0.3, 0.4) is 0 Å². The zero-order valence-electron chi connectivity index (χ0n) is 7.90. The number of hydrogen-bond acceptors (Lipinski definition) is 3. The summed E-state index contributed by atoms with van der Waals surface area (Å²) in [5.74, 6) is 1.68. The maximum absolute atomic E-state index is 5.70. The molecule has 72 valence electrons. The molecule has 4 nitrogen and oxygen atoms in total. The Hall–Kier alpha value is -1.42. The molecule has 0 aliphatic carbocycles. The lowest BCUT2D eigenvalue weighted by Crippen LogP contribution is -1.99. The summed E-state index contributed by atoms with van der Waals surface area (Å²) in [7, 11) is 0. The molecule has 0 atom stereocenters. The van der Waals surface area contributed by atoms with Crippen molar-refractivity contribution >= 4 is 11.6 Å². The van der Waals surface area contributed by atoms with Crippen LogP contribution in [0.5, 0.6) is 0 Å². The number of hydrogen-bond donors (Lipinski definition) is 0. The van der Waals surface area contributed by atoms with Gasteiger partial charge in [0.1, 0.15) is 16.8 Å². The first-order valence-electron chi connectivity index (χ1n) is 4.19. The molecule has 0 saturated carbocycles. The van der Waals surface area contributed by atoms with E-state index in [9.17, 15) is 0 Å². The molecule has 0 spiro atoms. The second-order valence-electron chi connectivity index (χ2n) is 2.97. The van der Waals surface area contributed by atoms with E-state index in [0.29, 0.717) is 5.15 Å². The van der Waals surface area contributed by atoms with Crippen molar-refractivity contribution in [3.8, 4) is 5.69 Å². The van der Waals surface area contributed by atoms with Crippen LogP contribution in [0.2, 0.25) is 5.15 Å². The van der Waals surface area contributed by atoms with E-state index in [1.807, 2.05) is 24.5 Å². The van der Waals surface area contributed by atoms with Crippen molar-refractivity contribution in [2.24, 2.45) is 0 Å². The van der Waals surface area contributed by atoms with Gasteiger partial charge in [0.2, 0.25) is 0 Å². The second-order valence-corrected chi connectivity index (χ2v) is 3.36. The molecule has 0 aliphatic heterocycles. The highest BCUT2D eigenvalue weighted by Crippen LogP contribution is 2.13. The summed E-state index contributed by atoms with van der Waals surface area (Å²) in [5.41, 5.74) is 0.925. The van der Waals surface area contributed by atoms with Crippen molar-refractivity contribution in [1.82, 2.24) is 19.7 Å². The van der Waals surface area contributed by atoms with E-state index in [1.165, 1.54) is 0 Å². The SMILES string of the molecule is Cc1nnc(C)n1-c1ccc(Cl)nc1. The van der Waals surface area contributed by atoms with Crippen molar-refractivity contribution in [3.05, 3.63) is 35.1 Å². The highest BCUT2D eigenvalue weighted by molar-refractivity contribution is 6.29. The lowest BCUT2D eigenvalue weighted by atomic mass is 10.4. The van der Waals surface area contributed by atoms with Gasteiger partial charge in [-0.1, -0.05) is 11.6 Å². The molecule has 5 heteroatoms. The normalized spacial score (nSPS) is 10.5. The largest absolute Gasteiger partial charge is 0.282 e. The van der Waals surface area contributed by atoms with E-state index < -0.39 is 0 Å². The lowest BCUT2D eigenvalue weighted by Gasteiger charge is -2.04. The van der Waals surface area contributed by atoms with Gasteiger partial charge >= 0.3 is 0 Å². The predicted octanol–water partition coefficient (Wildman–Crippen LogP) is 1.93. The Morgan fingerprint density at radius 3 is 2.29 bits per heavy atom. The quantitative estimate of drug-likeness (QED) is 0.673. The van der Waals surface area contributed by atoms with Gasteiger partial charge in [-0.15, -0.1) is 10.2 Å². The molecule has 0 bridgehead atoms. The molecule has 0 unspecified atom stereocenters. The summed E-state index contributed by atoms with van der Waals surface area (Å²) in [4.78, 5) is 4.01. The fourth-order valence-corrected chi connectivity index (χ4v) is 1.45. The van der Waals surface area contributed by atoms with Gasteiger partial charge in [0.05, 0.1) is 11.9 Å². The zero-order chi connectivity index (χ0) is 10.1. The van der Waals surface area contributed by atoms with Crippen molar-refractivity contribution in [3.63, 3.8) is 0 Å². The summed E-state index contributed by atoms with van der Waals surface area (Å²) in [6, 6.07) is 3.63. The molecule has 2 aromatic heterocycles. The van der Waals surface area contributed by atoms with Crippen LogP contribution in [0.25, 0.3) is 5.69 Å².